The van der Waals surface area contributed by atoms with E-state index in [0.717, 1.165) is 25.7 Å². The maximum absolute atomic E-state index is 12.2. The van der Waals surface area contributed by atoms with Crippen LogP contribution in [-0.4, -0.2) is 31.6 Å². The van der Waals surface area contributed by atoms with Gasteiger partial charge in [-0.25, -0.2) is 9.59 Å². The summed E-state index contributed by atoms with van der Waals surface area (Å²) in [5.74, 6) is -0.848. The number of carbonyl (C=O) groups excluding carboxylic acids is 2. The number of esters is 1. The minimum Gasteiger partial charge on any atom is -0.493 e. The number of hydrogen-bond donors (Lipinski definition) is 1. The van der Waals surface area contributed by atoms with Crippen molar-refractivity contribution >= 4 is 22.8 Å². The molecule has 1 aromatic carbocycles. The lowest BCUT2D eigenvalue weighted by molar-refractivity contribution is -0.125. The molecular weight excluding hydrogens is 350 g/mol. The maximum atomic E-state index is 12.2. The molecular formula is C20H23NO6. The normalized spacial score (nSPS) is 15.1. The van der Waals surface area contributed by atoms with E-state index >= 15 is 0 Å². The largest absolute Gasteiger partial charge is 0.493 e. The van der Waals surface area contributed by atoms with Crippen molar-refractivity contribution in [2.75, 3.05) is 13.7 Å². The minimum atomic E-state index is -0.885. The number of rotatable bonds is 5. The van der Waals surface area contributed by atoms with Crippen LogP contribution in [-0.2, 0) is 9.53 Å². The van der Waals surface area contributed by atoms with E-state index in [1.54, 1.807) is 18.2 Å². The molecule has 1 amide bonds. The van der Waals surface area contributed by atoms with Crippen molar-refractivity contribution in [2.24, 2.45) is 0 Å². The number of nitrogens with one attached hydrogen (secondary N) is 1. The van der Waals surface area contributed by atoms with Gasteiger partial charge in [0, 0.05) is 11.4 Å². The predicted molar refractivity (Wildman–Crippen MR) is 99.0 cm³/mol. The van der Waals surface area contributed by atoms with Crippen molar-refractivity contribution in [1.29, 1.82) is 0 Å². The summed E-state index contributed by atoms with van der Waals surface area (Å²) in [5.41, 5.74) is -0.827. The van der Waals surface area contributed by atoms with Crippen LogP contribution in [0.25, 0.3) is 11.0 Å². The Bertz CT molecular complexity index is 880. The van der Waals surface area contributed by atoms with Gasteiger partial charge in [-0.1, -0.05) is 37.8 Å². The van der Waals surface area contributed by atoms with E-state index < -0.39 is 18.2 Å². The lowest BCUT2D eigenvalue weighted by Gasteiger charge is -2.16. The van der Waals surface area contributed by atoms with Crippen molar-refractivity contribution < 1.29 is 23.5 Å². The fraction of sp³-hybridized carbons (Fsp3) is 0.450. The third-order valence-corrected chi connectivity index (χ3v) is 4.72. The van der Waals surface area contributed by atoms with Gasteiger partial charge in [-0.2, -0.15) is 0 Å². The Morgan fingerprint density at radius 3 is 2.63 bits per heavy atom. The first kappa shape index (κ1) is 18.9. The van der Waals surface area contributed by atoms with E-state index in [1.807, 2.05) is 0 Å². The van der Waals surface area contributed by atoms with E-state index in [0.29, 0.717) is 11.1 Å². The van der Waals surface area contributed by atoms with E-state index in [1.165, 1.54) is 26.0 Å². The molecule has 1 saturated carbocycles. The highest BCUT2D eigenvalue weighted by Crippen LogP contribution is 2.24. The molecule has 0 spiro atoms. The summed E-state index contributed by atoms with van der Waals surface area (Å²) >= 11 is 0. The fourth-order valence-electron chi connectivity index (χ4n) is 3.32. The topological polar surface area (TPSA) is 94.8 Å². The lowest BCUT2D eigenvalue weighted by Crippen LogP contribution is -2.37. The Hall–Kier alpha value is -2.83. The molecule has 1 fully saturated rings. The molecule has 1 aliphatic rings. The Morgan fingerprint density at radius 1 is 1.19 bits per heavy atom. The van der Waals surface area contributed by atoms with Gasteiger partial charge in [0.2, 0.25) is 0 Å². The van der Waals surface area contributed by atoms with E-state index in [4.69, 9.17) is 13.9 Å². The van der Waals surface area contributed by atoms with Crippen molar-refractivity contribution in [3.63, 3.8) is 0 Å². The van der Waals surface area contributed by atoms with Crippen LogP contribution in [0.5, 0.6) is 5.75 Å². The van der Waals surface area contributed by atoms with Crippen LogP contribution in [0.1, 0.15) is 48.9 Å². The number of benzene rings is 1. The van der Waals surface area contributed by atoms with Crippen LogP contribution in [0.4, 0.5) is 0 Å². The average Bonchev–Trinajstić information content (AvgIpc) is 2.93. The van der Waals surface area contributed by atoms with Gasteiger partial charge in [-0.3, -0.25) is 4.79 Å². The van der Waals surface area contributed by atoms with Crippen LogP contribution in [0.15, 0.2) is 33.5 Å². The van der Waals surface area contributed by atoms with Gasteiger partial charge in [0.25, 0.3) is 5.91 Å². The van der Waals surface area contributed by atoms with E-state index in [9.17, 15) is 14.4 Å². The molecule has 2 aromatic rings. The summed E-state index contributed by atoms with van der Waals surface area (Å²) in [6.45, 7) is -0.426. The Morgan fingerprint density at radius 2 is 1.93 bits per heavy atom. The molecule has 0 saturated heterocycles. The highest BCUT2D eigenvalue weighted by molar-refractivity contribution is 5.95. The standard InChI is InChI=1S/C20H23NO6/c1-25-16-10-6-7-13-11-15(20(24)27-18(13)16)19(23)26-12-17(22)21-14-8-4-2-3-5-9-14/h6-7,10-11,14H,2-5,8-9,12H2,1H3,(H,21,22). The first-order valence-corrected chi connectivity index (χ1v) is 9.16. The number of para-hydroxylation sites is 1. The van der Waals surface area contributed by atoms with Crippen molar-refractivity contribution in [3.05, 3.63) is 40.2 Å². The Balaban J connectivity index is 1.64. The highest BCUT2D eigenvalue weighted by Gasteiger charge is 2.19. The maximum Gasteiger partial charge on any atom is 0.351 e. The molecule has 1 heterocycles. The molecule has 0 aliphatic heterocycles. The molecule has 1 aromatic heterocycles. The molecule has 7 nitrogen and oxygen atoms in total. The fourth-order valence-corrected chi connectivity index (χ4v) is 3.32. The Kier molecular flexibility index (Phi) is 6.11. The second-order valence-corrected chi connectivity index (χ2v) is 6.66. The van der Waals surface area contributed by atoms with Gasteiger partial charge in [-0.15, -0.1) is 0 Å². The quantitative estimate of drug-likeness (QED) is 0.492. The van der Waals surface area contributed by atoms with Crippen LogP contribution >= 0.6 is 0 Å². The molecule has 1 N–H and O–H groups in total. The summed E-state index contributed by atoms with van der Waals surface area (Å²) in [6.07, 6.45) is 6.43. The first-order chi connectivity index (χ1) is 13.1. The Labute approximate surface area is 156 Å². The lowest BCUT2D eigenvalue weighted by atomic mass is 10.1. The zero-order valence-electron chi connectivity index (χ0n) is 15.3. The third-order valence-electron chi connectivity index (χ3n) is 4.72. The minimum absolute atomic E-state index is 0.122. The third kappa shape index (κ3) is 4.67. The van der Waals surface area contributed by atoms with Crippen molar-refractivity contribution in [1.82, 2.24) is 5.32 Å². The average molecular weight is 373 g/mol. The number of fused-ring (bicyclic) bond motifs is 1. The van der Waals surface area contributed by atoms with E-state index in [-0.39, 0.29) is 23.1 Å². The monoisotopic (exact) mass is 373 g/mol. The smallest absolute Gasteiger partial charge is 0.351 e. The van der Waals surface area contributed by atoms with Gasteiger partial charge in [0.05, 0.1) is 7.11 Å². The first-order valence-electron chi connectivity index (χ1n) is 9.16. The molecule has 0 unspecified atom stereocenters. The summed E-state index contributed by atoms with van der Waals surface area (Å²) in [6, 6.07) is 6.57. The number of methoxy groups -OCH3 is 1. The number of amides is 1. The molecule has 7 heteroatoms. The van der Waals surface area contributed by atoms with Crippen LogP contribution in [0.2, 0.25) is 0 Å². The van der Waals surface area contributed by atoms with Gasteiger partial charge in [-0.05, 0) is 25.0 Å². The second kappa shape index (κ2) is 8.70. The molecule has 0 atom stereocenters. The predicted octanol–water partition coefficient (Wildman–Crippen LogP) is 2.80. The second-order valence-electron chi connectivity index (χ2n) is 6.66. The summed E-state index contributed by atoms with van der Waals surface area (Å²) in [4.78, 5) is 36.4. The van der Waals surface area contributed by atoms with Crippen molar-refractivity contribution in [2.45, 2.75) is 44.6 Å². The zero-order chi connectivity index (χ0) is 19.2. The molecule has 3 rings (SSSR count). The summed E-state index contributed by atoms with van der Waals surface area (Å²) < 4.78 is 15.3. The SMILES string of the molecule is COc1cccc2cc(C(=O)OCC(=O)NC3CCCCCC3)c(=O)oc12. The van der Waals surface area contributed by atoms with E-state index in [2.05, 4.69) is 5.32 Å². The number of hydrogen-bond acceptors (Lipinski definition) is 6. The van der Waals surface area contributed by atoms with Crippen LogP contribution in [0, 0.1) is 0 Å². The van der Waals surface area contributed by atoms with Gasteiger partial charge in [0.1, 0.15) is 5.56 Å². The molecule has 27 heavy (non-hydrogen) atoms. The van der Waals surface area contributed by atoms with Gasteiger partial charge >= 0.3 is 11.6 Å². The number of carbonyl (C=O) groups is 2. The number of ether oxygens (including phenoxy) is 2. The molecule has 0 bridgehead atoms. The molecule has 0 radical (unpaired) electrons. The van der Waals surface area contributed by atoms with Gasteiger partial charge < -0.3 is 19.2 Å². The molecule has 144 valence electrons. The van der Waals surface area contributed by atoms with Crippen LogP contribution in [0.3, 0.4) is 0 Å². The highest BCUT2D eigenvalue weighted by atomic mass is 16.5. The van der Waals surface area contributed by atoms with Crippen LogP contribution < -0.4 is 15.7 Å². The molecule has 1 aliphatic carbocycles. The zero-order valence-corrected chi connectivity index (χ0v) is 15.3. The van der Waals surface area contributed by atoms with Crippen molar-refractivity contribution in [3.8, 4) is 5.75 Å². The summed E-state index contributed by atoms with van der Waals surface area (Å²) in [5, 5.41) is 3.42. The van der Waals surface area contributed by atoms with Gasteiger partial charge in [0.15, 0.2) is 17.9 Å². The summed E-state index contributed by atoms with van der Waals surface area (Å²) in [7, 11) is 1.46.